The summed E-state index contributed by atoms with van der Waals surface area (Å²) in [4.78, 5) is 11.6. The van der Waals surface area contributed by atoms with E-state index in [1.54, 1.807) is 30.3 Å². The molecule has 0 saturated carbocycles. The molecule has 0 aliphatic carbocycles. The van der Waals surface area contributed by atoms with Gasteiger partial charge in [0.2, 0.25) is 0 Å². The Labute approximate surface area is 161 Å². The molecule has 8 heteroatoms. The summed E-state index contributed by atoms with van der Waals surface area (Å²) in [6.07, 6.45) is 0. The van der Waals surface area contributed by atoms with Gasteiger partial charge >= 0.3 is 5.97 Å². The van der Waals surface area contributed by atoms with E-state index in [1.165, 1.54) is 7.11 Å². The maximum atomic E-state index is 11.6. The Morgan fingerprint density at radius 2 is 1.92 bits per heavy atom. The minimum atomic E-state index is -0.452. The molecule has 132 valence electrons. The van der Waals surface area contributed by atoms with E-state index in [2.05, 4.69) is 15.4 Å². The number of hydrogen-bond acceptors (Lipinski definition) is 4. The minimum absolute atomic E-state index is 0.353. The molecule has 0 fully saturated rings. The van der Waals surface area contributed by atoms with E-state index in [1.807, 2.05) is 12.1 Å². The molecule has 5 nitrogen and oxygen atoms in total. The topological polar surface area (TPSA) is 59.6 Å². The molecule has 0 aliphatic rings. The molecular weight excluding hydrogens is 383 g/mol. The first kappa shape index (κ1) is 19.3. The lowest BCUT2D eigenvalue weighted by molar-refractivity contribution is 0.0601. The van der Waals surface area contributed by atoms with E-state index >= 15 is 0 Å². The third-order valence-corrected chi connectivity index (χ3v) is 4.01. The smallest absolute Gasteiger partial charge is 0.337 e. The zero-order valence-corrected chi connectivity index (χ0v) is 15.7. The number of nitrogens with one attached hydrogen (secondary N) is 2. The van der Waals surface area contributed by atoms with Crippen LogP contribution in [0, 0.1) is 0 Å². The third-order valence-electron chi connectivity index (χ3n) is 3.12. The largest absolute Gasteiger partial charge is 0.490 e. The van der Waals surface area contributed by atoms with Crippen molar-refractivity contribution < 1.29 is 14.3 Å². The summed E-state index contributed by atoms with van der Waals surface area (Å²) in [5, 5.41) is 7.27. The Bertz CT molecular complexity index is 771. The van der Waals surface area contributed by atoms with Gasteiger partial charge in [0, 0.05) is 0 Å². The van der Waals surface area contributed by atoms with E-state index in [4.69, 9.17) is 40.2 Å². The van der Waals surface area contributed by atoms with Crippen molar-refractivity contribution in [3.8, 4) is 5.75 Å². The molecule has 0 atom stereocenters. The number of anilines is 1. The van der Waals surface area contributed by atoms with Crippen molar-refractivity contribution in [2.24, 2.45) is 0 Å². The summed E-state index contributed by atoms with van der Waals surface area (Å²) < 4.78 is 10.2. The van der Waals surface area contributed by atoms with Crippen LogP contribution in [0.3, 0.4) is 0 Å². The average Bonchev–Trinajstić information content (AvgIpc) is 2.61. The van der Waals surface area contributed by atoms with Gasteiger partial charge in [-0.1, -0.05) is 35.3 Å². The lowest BCUT2D eigenvalue weighted by atomic mass is 10.2. The van der Waals surface area contributed by atoms with E-state index in [0.29, 0.717) is 45.3 Å². The van der Waals surface area contributed by atoms with Crippen LogP contribution in [0.5, 0.6) is 5.75 Å². The van der Waals surface area contributed by atoms with Crippen LogP contribution >= 0.6 is 35.4 Å². The van der Waals surface area contributed by atoms with Crippen LogP contribution in [0.15, 0.2) is 42.5 Å². The maximum absolute atomic E-state index is 11.6. The first-order chi connectivity index (χ1) is 12.0. The molecule has 2 aromatic carbocycles. The number of ether oxygens (including phenoxy) is 2. The average molecular weight is 399 g/mol. The molecule has 2 aromatic rings. The fraction of sp³-hybridized carbons (Fsp3) is 0.176. The van der Waals surface area contributed by atoms with Crippen molar-refractivity contribution in [3.05, 3.63) is 58.1 Å². The molecule has 2 rings (SSSR count). The van der Waals surface area contributed by atoms with Gasteiger partial charge in [0.05, 0.1) is 35.0 Å². The summed E-state index contributed by atoms with van der Waals surface area (Å²) in [7, 11) is 1.31. The van der Waals surface area contributed by atoms with Gasteiger partial charge in [0.15, 0.2) is 5.11 Å². The summed E-state index contributed by atoms with van der Waals surface area (Å²) in [6.45, 7) is 0.840. The molecule has 0 amide bonds. The number of para-hydroxylation sites is 1. The summed E-state index contributed by atoms with van der Waals surface area (Å²) in [5.41, 5.74) is 0.883. The predicted octanol–water partition coefficient (Wildman–Crippen LogP) is 4.15. The van der Waals surface area contributed by atoms with Gasteiger partial charge in [-0.05, 0) is 42.5 Å². The van der Waals surface area contributed by atoms with E-state index < -0.39 is 5.97 Å². The normalized spacial score (nSPS) is 10.0. The molecule has 0 radical (unpaired) electrons. The van der Waals surface area contributed by atoms with Crippen molar-refractivity contribution in [1.29, 1.82) is 0 Å². The van der Waals surface area contributed by atoms with Gasteiger partial charge in [-0.3, -0.25) is 0 Å². The van der Waals surface area contributed by atoms with Gasteiger partial charge in [0.1, 0.15) is 12.4 Å². The highest BCUT2D eigenvalue weighted by Gasteiger charge is 2.10. The van der Waals surface area contributed by atoms with Gasteiger partial charge in [-0.25, -0.2) is 4.79 Å². The first-order valence-corrected chi connectivity index (χ1v) is 8.47. The zero-order chi connectivity index (χ0) is 18.2. The summed E-state index contributed by atoms with van der Waals surface area (Å²) in [6, 6.07) is 12.0. The SMILES string of the molecule is COC(=O)c1ccc(Cl)c(NC(=S)NCCOc2ccccc2Cl)c1. The van der Waals surface area contributed by atoms with Crippen molar-refractivity contribution in [2.45, 2.75) is 0 Å². The maximum Gasteiger partial charge on any atom is 0.337 e. The fourth-order valence-electron chi connectivity index (χ4n) is 1.92. The molecule has 0 aliphatic heterocycles. The number of carbonyl (C=O) groups is 1. The van der Waals surface area contributed by atoms with Crippen LogP contribution in [-0.4, -0.2) is 31.3 Å². The second kappa shape index (κ2) is 9.46. The predicted molar refractivity (Wildman–Crippen MR) is 104 cm³/mol. The summed E-state index contributed by atoms with van der Waals surface area (Å²) >= 11 is 17.3. The lowest BCUT2D eigenvalue weighted by Gasteiger charge is -2.13. The van der Waals surface area contributed by atoms with E-state index in [-0.39, 0.29) is 0 Å². The Kier molecular flexibility index (Phi) is 7.31. The minimum Gasteiger partial charge on any atom is -0.490 e. The van der Waals surface area contributed by atoms with Crippen LogP contribution in [0.4, 0.5) is 5.69 Å². The standard InChI is InChI=1S/C17H16Cl2N2O3S/c1-23-16(22)11-6-7-12(18)14(10-11)21-17(25)20-8-9-24-15-5-3-2-4-13(15)19/h2-7,10H,8-9H2,1H3,(H2,20,21,25). The monoisotopic (exact) mass is 398 g/mol. The highest BCUT2D eigenvalue weighted by Crippen LogP contribution is 2.24. The van der Waals surface area contributed by atoms with E-state index in [9.17, 15) is 4.79 Å². The van der Waals surface area contributed by atoms with Gasteiger partial charge < -0.3 is 20.1 Å². The second-order valence-corrected chi connectivity index (χ2v) is 6.07. The van der Waals surface area contributed by atoms with Crippen molar-refractivity contribution in [1.82, 2.24) is 5.32 Å². The van der Waals surface area contributed by atoms with Crippen LogP contribution in [-0.2, 0) is 4.74 Å². The molecule has 0 unspecified atom stereocenters. The van der Waals surface area contributed by atoms with Gasteiger partial charge in [0.25, 0.3) is 0 Å². The Morgan fingerprint density at radius 1 is 1.16 bits per heavy atom. The highest BCUT2D eigenvalue weighted by atomic mass is 35.5. The number of esters is 1. The molecule has 0 aromatic heterocycles. The number of carbonyl (C=O) groups excluding carboxylic acids is 1. The Hall–Kier alpha value is -2.02. The molecule has 2 N–H and O–H groups in total. The van der Waals surface area contributed by atoms with Crippen molar-refractivity contribution in [2.75, 3.05) is 25.6 Å². The first-order valence-electron chi connectivity index (χ1n) is 7.31. The molecular formula is C17H16Cl2N2O3S. The zero-order valence-electron chi connectivity index (χ0n) is 13.3. The second-order valence-electron chi connectivity index (χ2n) is 4.85. The Balaban J connectivity index is 1.84. The van der Waals surface area contributed by atoms with Crippen LogP contribution in [0.2, 0.25) is 10.0 Å². The summed E-state index contributed by atoms with van der Waals surface area (Å²) in [5.74, 6) is 0.158. The highest BCUT2D eigenvalue weighted by molar-refractivity contribution is 7.80. The molecule has 0 saturated heterocycles. The number of halogens is 2. The third kappa shape index (κ3) is 5.77. The number of benzene rings is 2. The quantitative estimate of drug-likeness (QED) is 0.433. The van der Waals surface area contributed by atoms with E-state index in [0.717, 1.165) is 0 Å². The molecule has 0 spiro atoms. The Morgan fingerprint density at radius 3 is 2.64 bits per heavy atom. The number of hydrogen-bond donors (Lipinski definition) is 2. The van der Waals surface area contributed by atoms with Crippen LogP contribution in [0.1, 0.15) is 10.4 Å². The van der Waals surface area contributed by atoms with Crippen LogP contribution in [0.25, 0.3) is 0 Å². The number of thiocarbonyl (C=S) groups is 1. The van der Waals surface area contributed by atoms with Crippen molar-refractivity contribution >= 4 is 52.2 Å². The van der Waals surface area contributed by atoms with Gasteiger partial charge in [-0.15, -0.1) is 0 Å². The van der Waals surface area contributed by atoms with Crippen molar-refractivity contribution in [3.63, 3.8) is 0 Å². The molecule has 25 heavy (non-hydrogen) atoms. The fourth-order valence-corrected chi connectivity index (χ4v) is 2.49. The van der Waals surface area contributed by atoms with Gasteiger partial charge in [-0.2, -0.15) is 0 Å². The number of rotatable bonds is 6. The van der Waals surface area contributed by atoms with Crippen LogP contribution < -0.4 is 15.4 Å². The molecule has 0 bridgehead atoms. The number of methoxy groups -OCH3 is 1. The molecule has 0 heterocycles. The lowest BCUT2D eigenvalue weighted by Crippen LogP contribution is -2.32.